The van der Waals surface area contributed by atoms with Crippen LogP contribution in [-0.4, -0.2) is 33.6 Å². The number of hydrogen-bond donors (Lipinski definition) is 1. The van der Waals surface area contributed by atoms with Crippen molar-refractivity contribution in [3.05, 3.63) is 54.7 Å². The van der Waals surface area contributed by atoms with Crippen molar-refractivity contribution < 1.29 is 19.2 Å². The van der Waals surface area contributed by atoms with Gasteiger partial charge in [0.05, 0.1) is 18.1 Å². The van der Waals surface area contributed by atoms with Crippen LogP contribution in [0, 0.1) is 10.1 Å². The van der Waals surface area contributed by atoms with Crippen molar-refractivity contribution in [2.45, 2.75) is 0 Å². The first kappa shape index (κ1) is 18.7. The molecule has 11 heteroatoms. The number of ether oxygens (including phenoxy) is 2. The number of aromatic nitrogens is 2. The summed E-state index contributed by atoms with van der Waals surface area (Å²) in [5.74, 6) is -0.954. The summed E-state index contributed by atoms with van der Waals surface area (Å²) in [5.41, 5.74) is 3.51. The number of hydrogen-bond acceptors (Lipinski definition) is 8. The number of nitro benzene ring substituents is 1. The number of ketones is 1. The molecule has 0 spiro atoms. The minimum absolute atomic E-state index is 0.0461. The Morgan fingerprint density at radius 2 is 1.88 bits per heavy atom. The first-order chi connectivity index (χ1) is 12.2. The van der Waals surface area contributed by atoms with E-state index in [0.29, 0.717) is 0 Å². The van der Waals surface area contributed by atoms with Crippen LogP contribution in [0.15, 0.2) is 27.8 Å². The average molecular weight is 364 g/mol. The lowest BCUT2D eigenvalue weighted by molar-refractivity contribution is -0.385. The number of methoxy groups -OCH3 is 1. The number of carbonyl (C=O) groups is 1. The first-order valence-electron chi connectivity index (χ1n) is 7.23. The van der Waals surface area contributed by atoms with E-state index >= 15 is 0 Å². The van der Waals surface area contributed by atoms with Gasteiger partial charge in [-0.2, -0.15) is 0 Å². The number of rotatable bonds is 6. The van der Waals surface area contributed by atoms with Gasteiger partial charge in [0, 0.05) is 20.2 Å². The van der Waals surface area contributed by atoms with Gasteiger partial charge in [0.1, 0.15) is 11.4 Å². The molecule has 138 valence electrons. The molecule has 2 N–H and O–H groups in total. The van der Waals surface area contributed by atoms with Gasteiger partial charge in [-0.05, 0) is 6.07 Å². The summed E-state index contributed by atoms with van der Waals surface area (Å²) in [6.07, 6.45) is 0. The Kier molecular flexibility index (Phi) is 5.10. The van der Waals surface area contributed by atoms with E-state index in [2.05, 4.69) is 0 Å². The maximum Gasteiger partial charge on any atom is 0.332 e. The van der Waals surface area contributed by atoms with Gasteiger partial charge in [-0.15, -0.1) is 0 Å². The lowest BCUT2D eigenvalue weighted by atomic mass is 10.2. The highest BCUT2D eigenvalue weighted by atomic mass is 16.6. The highest BCUT2D eigenvalue weighted by Crippen LogP contribution is 2.31. The average Bonchev–Trinajstić information content (AvgIpc) is 2.62. The lowest BCUT2D eigenvalue weighted by Gasteiger charge is -2.12. The van der Waals surface area contributed by atoms with Crippen molar-refractivity contribution in [1.29, 1.82) is 0 Å². The fourth-order valence-corrected chi connectivity index (χ4v) is 2.23. The van der Waals surface area contributed by atoms with E-state index in [1.807, 2.05) is 0 Å². The maximum atomic E-state index is 12.4. The summed E-state index contributed by atoms with van der Waals surface area (Å²) >= 11 is 0. The molecule has 0 radical (unpaired) electrons. The number of nitrogens with zero attached hydrogens (tertiary/aromatic N) is 3. The Hall–Kier alpha value is -3.63. The molecule has 0 saturated carbocycles. The standard InChI is InChI=1S/C15H16N4O7/c1-17-13(16)12(14(21)18(2)15(17)22)9(20)7-26-11-6-8(19(23)24)4-5-10(11)25-3/h4-6H,7,16H2,1-3H3. The molecule has 1 aromatic heterocycles. The smallest absolute Gasteiger partial charge is 0.332 e. The zero-order valence-electron chi connectivity index (χ0n) is 14.2. The monoisotopic (exact) mass is 364 g/mol. The summed E-state index contributed by atoms with van der Waals surface area (Å²) < 4.78 is 12.0. The number of nitrogen functional groups attached to an aromatic ring is 1. The van der Waals surface area contributed by atoms with Gasteiger partial charge >= 0.3 is 5.69 Å². The molecule has 0 aliphatic rings. The van der Waals surface area contributed by atoms with E-state index in [1.54, 1.807) is 0 Å². The number of carbonyl (C=O) groups excluding carboxylic acids is 1. The third kappa shape index (κ3) is 3.27. The van der Waals surface area contributed by atoms with E-state index in [1.165, 1.54) is 33.3 Å². The zero-order valence-corrected chi connectivity index (χ0v) is 14.2. The molecule has 11 nitrogen and oxygen atoms in total. The van der Waals surface area contributed by atoms with Crippen molar-refractivity contribution in [2.24, 2.45) is 14.1 Å². The fraction of sp³-hybridized carbons (Fsp3) is 0.267. The van der Waals surface area contributed by atoms with E-state index in [0.717, 1.165) is 15.2 Å². The number of anilines is 1. The van der Waals surface area contributed by atoms with Crippen LogP contribution in [0.25, 0.3) is 0 Å². The summed E-state index contributed by atoms with van der Waals surface area (Å²) in [7, 11) is 3.86. The SMILES string of the molecule is COc1ccc([N+](=O)[O-])cc1OCC(=O)c1c(N)n(C)c(=O)n(C)c1=O. The molecule has 0 amide bonds. The van der Waals surface area contributed by atoms with Crippen LogP contribution < -0.4 is 26.5 Å². The van der Waals surface area contributed by atoms with E-state index < -0.39 is 34.1 Å². The number of benzene rings is 1. The molecule has 0 aliphatic carbocycles. The van der Waals surface area contributed by atoms with Crippen LogP contribution in [-0.2, 0) is 14.1 Å². The van der Waals surface area contributed by atoms with Crippen LogP contribution in [0.1, 0.15) is 10.4 Å². The second-order valence-electron chi connectivity index (χ2n) is 5.27. The van der Waals surface area contributed by atoms with Crippen LogP contribution in [0.2, 0.25) is 0 Å². The minimum Gasteiger partial charge on any atom is -0.493 e. The van der Waals surface area contributed by atoms with Crippen LogP contribution in [0.3, 0.4) is 0 Å². The second kappa shape index (κ2) is 7.09. The van der Waals surface area contributed by atoms with Gasteiger partial charge < -0.3 is 15.2 Å². The Morgan fingerprint density at radius 1 is 1.23 bits per heavy atom. The third-order valence-corrected chi connectivity index (χ3v) is 3.71. The zero-order chi connectivity index (χ0) is 19.6. The molecule has 1 aromatic carbocycles. The molecule has 26 heavy (non-hydrogen) atoms. The van der Waals surface area contributed by atoms with Crippen molar-refractivity contribution in [3.63, 3.8) is 0 Å². The van der Waals surface area contributed by atoms with Gasteiger partial charge in [0.15, 0.2) is 18.1 Å². The largest absolute Gasteiger partial charge is 0.493 e. The van der Waals surface area contributed by atoms with Gasteiger partial charge in [0.2, 0.25) is 5.78 Å². The topological polar surface area (TPSA) is 149 Å². The molecule has 0 atom stereocenters. The molecular weight excluding hydrogens is 348 g/mol. The highest BCUT2D eigenvalue weighted by Gasteiger charge is 2.21. The van der Waals surface area contributed by atoms with Gasteiger partial charge in [0.25, 0.3) is 11.2 Å². The summed E-state index contributed by atoms with van der Waals surface area (Å²) in [4.78, 5) is 46.5. The first-order valence-corrected chi connectivity index (χ1v) is 7.23. The van der Waals surface area contributed by atoms with Gasteiger partial charge in [-0.25, -0.2) is 4.79 Å². The fourth-order valence-electron chi connectivity index (χ4n) is 2.23. The number of Topliss-reactive ketones (excluding diaryl/α,β-unsaturated/α-hetero) is 1. The van der Waals surface area contributed by atoms with E-state index in [4.69, 9.17) is 15.2 Å². The van der Waals surface area contributed by atoms with Crippen LogP contribution in [0.4, 0.5) is 11.5 Å². The Labute approximate surface area is 146 Å². The summed E-state index contributed by atoms with van der Waals surface area (Å²) in [6.45, 7) is -0.630. The molecule has 1 heterocycles. The molecule has 0 aliphatic heterocycles. The predicted molar refractivity (Wildman–Crippen MR) is 90.8 cm³/mol. The normalized spacial score (nSPS) is 10.4. The maximum absolute atomic E-state index is 12.4. The molecular formula is C15H16N4O7. The molecule has 0 bridgehead atoms. The molecule has 0 saturated heterocycles. The minimum atomic E-state index is -0.856. The van der Waals surface area contributed by atoms with Crippen molar-refractivity contribution in [2.75, 3.05) is 19.5 Å². The molecule has 0 unspecified atom stereocenters. The van der Waals surface area contributed by atoms with Crippen LogP contribution >= 0.6 is 0 Å². The van der Waals surface area contributed by atoms with E-state index in [-0.39, 0.29) is 23.0 Å². The third-order valence-electron chi connectivity index (χ3n) is 3.71. The Morgan fingerprint density at radius 3 is 2.46 bits per heavy atom. The summed E-state index contributed by atoms with van der Waals surface area (Å²) in [6, 6.07) is 3.63. The highest BCUT2D eigenvalue weighted by molar-refractivity contribution is 6.00. The second-order valence-corrected chi connectivity index (χ2v) is 5.27. The predicted octanol–water partition coefficient (Wildman–Crippen LogP) is -0.155. The Bertz CT molecular complexity index is 1010. The van der Waals surface area contributed by atoms with Crippen molar-refractivity contribution in [3.8, 4) is 11.5 Å². The van der Waals surface area contributed by atoms with Crippen molar-refractivity contribution >= 4 is 17.3 Å². The van der Waals surface area contributed by atoms with Crippen molar-refractivity contribution in [1.82, 2.24) is 9.13 Å². The number of non-ortho nitro benzene ring substituents is 1. The van der Waals surface area contributed by atoms with Gasteiger partial charge in [-0.1, -0.05) is 0 Å². The quantitative estimate of drug-likeness (QED) is 0.422. The number of nitro groups is 1. The summed E-state index contributed by atoms with van der Waals surface area (Å²) in [5, 5.41) is 10.9. The Balaban J connectivity index is 2.36. The lowest BCUT2D eigenvalue weighted by Crippen LogP contribution is -2.42. The molecule has 0 fully saturated rings. The molecule has 2 aromatic rings. The molecule has 2 rings (SSSR count). The van der Waals surface area contributed by atoms with E-state index in [9.17, 15) is 24.5 Å². The van der Waals surface area contributed by atoms with Crippen LogP contribution in [0.5, 0.6) is 11.5 Å². The van der Waals surface area contributed by atoms with Gasteiger partial charge in [-0.3, -0.25) is 28.8 Å². The number of nitrogens with two attached hydrogens (primary N) is 1.